The first-order chi connectivity index (χ1) is 5.55. The summed E-state index contributed by atoms with van der Waals surface area (Å²) in [4.78, 5) is 3.75. The van der Waals surface area contributed by atoms with Gasteiger partial charge < -0.3 is 5.73 Å². The van der Waals surface area contributed by atoms with E-state index in [0.717, 1.165) is 6.26 Å². The molecule has 0 aliphatic carbocycles. The van der Waals surface area contributed by atoms with Crippen molar-refractivity contribution in [3.05, 3.63) is 23.9 Å². The third kappa shape index (κ3) is 1.80. The highest BCUT2D eigenvalue weighted by molar-refractivity contribution is 7.90. The Morgan fingerprint density at radius 2 is 2.25 bits per heavy atom. The van der Waals surface area contributed by atoms with Crippen molar-refractivity contribution in [2.75, 3.05) is 6.26 Å². The first-order valence-corrected chi connectivity index (χ1v) is 5.29. The first-order valence-electron chi connectivity index (χ1n) is 3.39. The van der Waals surface area contributed by atoms with Crippen LogP contribution in [-0.2, 0) is 16.4 Å². The molecule has 1 rings (SSSR count). The normalized spacial score (nSPS) is 11.5. The topological polar surface area (TPSA) is 73.0 Å². The Morgan fingerprint density at radius 1 is 1.58 bits per heavy atom. The van der Waals surface area contributed by atoms with Crippen molar-refractivity contribution in [3.63, 3.8) is 0 Å². The molecule has 0 aliphatic heterocycles. The second kappa shape index (κ2) is 3.20. The van der Waals surface area contributed by atoms with Gasteiger partial charge in [-0.05, 0) is 6.07 Å². The lowest BCUT2D eigenvalue weighted by Crippen LogP contribution is -2.08. The molecule has 0 spiro atoms. The quantitative estimate of drug-likeness (QED) is 0.702. The molecule has 0 aromatic carbocycles. The minimum Gasteiger partial charge on any atom is -0.326 e. The Bertz CT molecular complexity index is 373. The Kier molecular flexibility index (Phi) is 2.44. The van der Waals surface area contributed by atoms with Gasteiger partial charge in [-0.25, -0.2) is 13.4 Å². The van der Waals surface area contributed by atoms with E-state index in [2.05, 4.69) is 4.98 Å². The van der Waals surface area contributed by atoms with Gasteiger partial charge in [-0.15, -0.1) is 0 Å². The number of hydrogen-bond donors (Lipinski definition) is 1. The molecule has 12 heavy (non-hydrogen) atoms. The largest absolute Gasteiger partial charge is 0.326 e. The number of nitrogens with two attached hydrogens (primary N) is 1. The summed E-state index contributed by atoms with van der Waals surface area (Å²) in [5, 5.41) is 0.0764. The standard InChI is InChI=1S/C7H10N2O2S/c1-12(10,11)7-6(5-8)3-2-4-9-7/h2-4H,5,8H2,1H3. The fraction of sp³-hybridized carbons (Fsp3) is 0.286. The average Bonchev–Trinajstić information content (AvgIpc) is 2.03. The van der Waals surface area contributed by atoms with Crippen LogP contribution in [0.4, 0.5) is 0 Å². The molecule has 0 aliphatic rings. The van der Waals surface area contributed by atoms with E-state index >= 15 is 0 Å². The van der Waals surface area contributed by atoms with E-state index < -0.39 is 9.84 Å². The predicted octanol–water partition coefficient (Wildman–Crippen LogP) is -0.0562. The first kappa shape index (κ1) is 9.15. The van der Waals surface area contributed by atoms with Gasteiger partial charge in [0, 0.05) is 24.6 Å². The summed E-state index contributed by atoms with van der Waals surface area (Å²) in [6, 6.07) is 3.32. The zero-order valence-corrected chi connectivity index (χ0v) is 7.50. The fourth-order valence-corrected chi connectivity index (χ4v) is 1.79. The molecule has 0 atom stereocenters. The molecule has 0 saturated heterocycles. The number of hydrogen-bond acceptors (Lipinski definition) is 4. The van der Waals surface area contributed by atoms with E-state index in [4.69, 9.17) is 5.73 Å². The summed E-state index contributed by atoms with van der Waals surface area (Å²) in [5.74, 6) is 0. The Balaban J connectivity index is 3.33. The van der Waals surface area contributed by atoms with Crippen molar-refractivity contribution in [2.45, 2.75) is 11.6 Å². The minimum absolute atomic E-state index is 0.0764. The number of pyridine rings is 1. The summed E-state index contributed by atoms with van der Waals surface area (Å²) in [6.07, 6.45) is 2.56. The van der Waals surface area contributed by atoms with Gasteiger partial charge in [0.05, 0.1) is 0 Å². The van der Waals surface area contributed by atoms with Gasteiger partial charge in [-0.3, -0.25) is 0 Å². The molecule has 4 nitrogen and oxygen atoms in total. The number of sulfone groups is 1. The van der Waals surface area contributed by atoms with Crippen LogP contribution in [0.1, 0.15) is 5.56 Å². The molecule has 1 heterocycles. The van der Waals surface area contributed by atoms with Crippen molar-refractivity contribution in [1.29, 1.82) is 0 Å². The van der Waals surface area contributed by atoms with Crippen LogP contribution in [0, 0.1) is 0 Å². The van der Waals surface area contributed by atoms with E-state index in [1.54, 1.807) is 12.1 Å². The lowest BCUT2D eigenvalue weighted by Gasteiger charge is -2.02. The highest BCUT2D eigenvalue weighted by atomic mass is 32.2. The fourth-order valence-electron chi connectivity index (χ4n) is 0.913. The van der Waals surface area contributed by atoms with Crippen LogP contribution in [0.15, 0.2) is 23.4 Å². The molecule has 0 amide bonds. The molecule has 66 valence electrons. The van der Waals surface area contributed by atoms with Crippen molar-refractivity contribution in [3.8, 4) is 0 Å². The molecular weight excluding hydrogens is 176 g/mol. The monoisotopic (exact) mass is 186 g/mol. The molecule has 1 aromatic heterocycles. The minimum atomic E-state index is -3.24. The average molecular weight is 186 g/mol. The number of aromatic nitrogens is 1. The highest BCUT2D eigenvalue weighted by Gasteiger charge is 2.12. The zero-order valence-electron chi connectivity index (χ0n) is 6.69. The number of rotatable bonds is 2. The summed E-state index contributed by atoms with van der Waals surface area (Å²) in [7, 11) is -3.24. The van der Waals surface area contributed by atoms with Crippen LogP contribution in [0.5, 0.6) is 0 Å². The van der Waals surface area contributed by atoms with Crippen molar-refractivity contribution in [1.82, 2.24) is 4.98 Å². The molecular formula is C7H10N2O2S. The van der Waals surface area contributed by atoms with E-state index in [1.165, 1.54) is 6.20 Å². The van der Waals surface area contributed by atoms with Crippen LogP contribution in [0.3, 0.4) is 0 Å². The molecule has 0 bridgehead atoms. The second-order valence-corrected chi connectivity index (χ2v) is 4.37. The number of nitrogens with zero attached hydrogens (tertiary/aromatic N) is 1. The van der Waals surface area contributed by atoms with Crippen molar-refractivity contribution >= 4 is 9.84 Å². The second-order valence-electron chi connectivity index (χ2n) is 2.44. The molecule has 0 radical (unpaired) electrons. The maximum atomic E-state index is 11.1. The Labute approximate surface area is 71.3 Å². The van der Waals surface area contributed by atoms with Crippen LogP contribution >= 0.6 is 0 Å². The lowest BCUT2D eigenvalue weighted by atomic mass is 10.3. The van der Waals surface area contributed by atoms with E-state index in [-0.39, 0.29) is 11.6 Å². The zero-order chi connectivity index (χ0) is 9.19. The van der Waals surface area contributed by atoms with Gasteiger partial charge in [-0.2, -0.15) is 0 Å². The summed E-state index contributed by atoms with van der Waals surface area (Å²) in [5.41, 5.74) is 5.90. The lowest BCUT2D eigenvalue weighted by molar-refractivity contribution is 0.596. The van der Waals surface area contributed by atoms with Gasteiger partial charge in [0.1, 0.15) is 0 Å². The van der Waals surface area contributed by atoms with Crippen molar-refractivity contribution < 1.29 is 8.42 Å². The van der Waals surface area contributed by atoms with E-state index in [1.807, 2.05) is 0 Å². The van der Waals surface area contributed by atoms with Crippen LogP contribution < -0.4 is 5.73 Å². The van der Waals surface area contributed by atoms with Crippen LogP contribution in [0.25, 0.3) is 0 Å². The van der Waals surface area contributed by atoms with Crippen molar-refractivity contribution in [2.24, 2.45) is 5.73 Å². The van der Waals surface area contributed by atoms with Gasteiger partial charge in [0.2, 0.25) is 0 Å². The van der Waals surface area contributed by atoms with Gasteiger partial charge in [0.15, 0.2) is 14.9 Å². The molecule has 0 unspecified atom stereocenters. The van der Waals surface area contributed by atoms with Gasteiger partial charge in [-0.1, -0.05) is 6.07 Å². The van der Waals surface area contributed by atoms with Crippen LogP contribution in [0.2, 0.25) is 0 Å². The Hall–Kier alpha value is -0.940. The Morgan fingerprint density at radius 3 is 2.67 bits per heavy atom. The summed E-state index contributed by atoms with van der Waals surface area (Å²) >= 11 is 0. The highest BCUT2D eigenvalue weighted by Crippen LogP contribution is 2.10. The van der Waals surface area contributed by atoms with E-state index in [0.29, 0.717) is 5.56 Å². The smallest absolute Gasteiger partial charge is 0.193 e. The molecule has 5 heteroatoms. The SMILES string of the molecule is CS(=O)(=O)c1ncccc1CN. The summed E-state index contributed by atoms with van der Waals surface area (Å²) < 4.78 is 22.2. The summed E-state index contributed by atoms with van der Waals surface area (Å²) in [6.45, 7) is 0.191. The molecule has 0 saturated carbocycles. The maximum absolute atomic E-state index is 11.1. The van der Waals surface area contributed by atoms with Gasteiger partial charge in [0.25, 0.3) is 0 Å². The predicted molar refractivity (Wildman–Crippen MR) is 45.2 cm³/mol. The molecule has 1 aromatic rings. The third-order valence-corrected chi connectivity index (χ3v) is 2.49. The van der Waals surface area contributed by atoms with E-state index in [9.17, 15) is 8.42 Å². The molecule has 0 fully saturated rings. The maximum Gasteiger partial charge on any atom is 0.193 e. The third-order valence-electron chi connectivity index (χ3n) is 1.42. The van der Waals surface area contributed by atoms with Crippen LogP contribution in [-0.4, -0.2) is 19.7 Å². The molecule has 2 N–H and O–H groups in total. The van der Waals surface area contributed by atoms with Gasteiger partial charge >= 0.3 is 0 Å².